The molecule has 0 aliphatic heterocycles. The summed E-state index contributed by atoms with van der Waals surface area (Å²) in [6, 6.07) is 4.46. The van der Waals surface area contributed by atoms with Crippen LogP contribution in [-0.4, -0.2) is 14.2 Å². The molecule has 17 heavy (non-hydrogen) atoms. The van der Waals surface area contributed by atoms with Crippen LogP contribution in [0.1, 0.15) is 26.7 Å². The third kappa shape index (κ3) is 3.89. The number of anilines is 1. The second kappa shape index (κ2) is 5.74. The first-order chi connectivity index (χ1) is 7.86. The van der Waals surface area contributed by atoms with Gasteiger partial charge in [-0.05, 0) is 30.5 Å². The minimum absolute atomic E-state index is 0.154. The second-order valence-electron chi connectivity index (χ2n) is 4.36. The monoisotopic (exact) mass is 275 g/mol. The predicted molar refractivity (Wildman–Crippen MR) is 72.0 cm³/mol. The first-order valence-electron chi connectivity index (χ1n) is 5.64. The first-order valence-corrected chi connectivity index (χ1v) is 7.67. The predicted octanol–water partition coefficient (Wildman–Crippen LogP) is 3.13. The van der Waals surface area contributed by atoms with Gasteiger partial charge >= 0.3 is 0 Å². The average molecular weight is 276 g/mol. The van der Waals surface area contributed by atoms with Gasteiger partial charge < -0.3 is 5.73 Å². The number of nitrogens with two attached hydrogens (primary N) is 1. The van der Waals surface area contributed by atoms with Gasteiger partial charge in [0, 0.05) is 0 Å². The maximum absolute atomic E-state index is 12.1. The van der Waals surface area contributed by atoms with E-state index < -0.39 is 9.84 Å². The van der Waals surface area contributed by atoms with Crippen molar-refractivity contribution in [3.05, 3.63) is 23.2 Å². The Morgan fingerprint density at radius 3 is 2.59 bits per heavy atom. The number of halogens is 1. The molecule has 1 aromatic rings. The molecule has 5 heteroatoms. The van der Waals surface area contributed by atoms with E-state index in [9.17, 15) is 8.42 Å². The highest BCUT2D eigenvalue weighted by molar-refractivity contribution is 7.91. The van der Waals surface area contributed by atoms with Gasteiger partial charge in [0.05, 0.1) is 21.4 Å². The van der Waals surface area contributed by atoms with Gasteiger partial charge in [0.2, 0.25) is 0 Å². The SMILES string of the molecule is CCCC(C)CS(=O)(=O)c1ccc(N)c(Cl)c1. The summed E-state index contributed by atoms with van der Waals surface area (Å²) in [4.78, 5) is 0.250. The molecule has 1 aromatic carbocycles. The minimum Gasteiger partial charge on any atom is -0.398 e. The van der Waals surface area contributed by atoms with Crippen molar-refractivity contribution in [2.45, 2.75) is 31.6 Å². The van der Waals surface area contributed by atoms with E-state index in [1.54, 1.807) is 0 Å². The zero-order valence-corrected chi connectivity index (χ0v) is 11.7. The fourth-order valence-electron chi connectivity index (χ4n) is 1.75. The summed E-state index contributed by atoms with van der Waals surface area (Å²) in [6.07, 6.45) is 1.89. The van der Waals surface area contributed by atoms with Gasteiger partial charge in [-0.25, -0.2) is 8.42 Å². The Balaban J connectivity index is 2.93. The van der Waals surface area contributed by atoms with Crippen LogP contribution in [0.4, 0.5) is 5.69 Å². The summed E-state index contributed by atoms with van der Waals surface area (Å²) in [6.45, 7) is 3.99. The number of sulfone groups is 1. The van der Waals surface area contributed by atoms with Crippen molar-refractivity contribution in [1.82, 2.24) is 0 Å². The lowest BCUT2D eigenvalue weighted by atomic mass is 10.1. The molecule has 3 nitrogen and oxygen atoms in total. The topological polar surface area (TPSA) is 60.2 Å². The van der Waals surface area contributed by atoms with Crippen molar-refractivity contribution in [2.24, 2.45) is 5.92 Å². The zero-order chi connectivity index (χ0) is 13.1. The molecule has 0 spiro atoms. The molecule has 1 unspecified atom stereocenters. The van der Waals surface area contributed by atoms with Crippen molar-refractivity contribution in [2.75, 3.05) is 11.5 Å². The Hall–Kier alpha value is -0.740. The molecular weight excluding hydrogens is 258 g/mol. The lowest BCUT2D eigenvalue weighted by Gasteiger charge is -2.11. The summed E-state index contributed by atoms with van der Waals surface area (Å²) in [7, 11) is -3.26. The molecular formula is C12H18ClNO2S. The third-order valence-corrected chi connectivity index (χ3v) is 4.92. The molecule has 1 atom stereocenters. The Morgan fingerprint density at radius 1 is 1.41 bits per heavy atom. The molecule has 0 fully saturated rings. The molecule has 1 rings (SSSR count). The van der Waals surface area contributed by atoms with Crippen LogP contribution in [0, 0.1) is 5.92 Å². The van der Waals surface area contributed by atoms with Crippen molar-refractivity contribution in [1.29, 1.82) is 0 Å². The van der Waals surface area contributed by atoms with Crippen LogP contribution in [0.15, 0.2) is 23.1 Å². The summed E-state index contributed by atoms with van der Waals surface area (Å²) >= 11 is 5.83. The third-order valence-electron chi connectivity index (χ3n) is 2.62. The highest BCUT2D eigenvalue weighted by Gasteiger charge is 2.18. The molecule has 0 heterocycles. The molecule has 2 N–H and O–H groups in total. The number of nitrogen functional groups attached to an aromatic ring is 1. The van der Waals surface area contributed by atoms with Gasteiger partial charge in [0.25, 0.3) is 0 Å². The van der Waals surface area contributed by atoms with E-state index in [0.29, 0.717) is 5.69 Å². The van der Waals surface area contributed by atoms with Gasteiger partial charge in [0.1, 0.15) is 0 Å². The lowest BCUT2D eigenvalue weighted by Crippen LogP contribution is -2.14. The Kier molecular flexibility index (Phi) is 4.83. The Bertz CT molecular complexity index is 485. The summed E-state index contributed by atoms with van der Waals surface area (Å²) < 4.78 is 24.2. The minimum atomic E-state index is -3.26. The van der Waals surface area contributed by atoms with E-state index >= 15 is 0 Å². The normalized spacial score (nSPS) is 13.6. The fraction of sp³-hybridized carbons (Fsp3) is 0.500. The summed E-state index contributed by atoms with van der Waals surface area (Å²) in [5, 5.41) is 0.286. The van der Waals surface area contributed by atoms with Crippen molar-refractivity contribution in [3.63, 3.8) is 0 Å². The van der Waals surface area contributed by atoms with E-state index in [0.717, 1.165) is 12.8 Å². The van der Waals surface area contributed by atoms with Crippen LogP contribution >= 0.6 is 11.6 Å². The molecule has 0 saturated heterocycles. The maximum Gasteiger partial charge on any atom is 0.178 e. The molecule has 0 aliphatic carbocycles. The summed E-state index contributed by atoms with van der Waals surface area (Å²) in [5.74, 6) is 0.308. The standard InChI is InChI=1S/C12H18ClNO2S/c1-3-4-9(2)8-17(15,16)10-5-6-12(14)11(13)7-10/h5-7,9H,3-4,8,14H2,1-2H3. The number of hydrogen-bond acceptors (Lipinski definition) is 3. The van der Waals surface area contributed by atoms with E-state index in [4.69, 9.17) is 17.3 Å². The van der Waals surface area contributed by atoms with Crippen LogP contribution < -0.4 is 5.73 Å². The van der Waals surface area contributed by atoms with Gasteiger partial charge in [-0.3, -0.25) is 0 Å². The molecule has 0 radical (unpaired) electrons. The zero-order valence-electron chi connectivity index (χ0n) is 10.1. The molecule has 0 aliphatic rings. The molecule has 0 saturated carbocycles. The van der Waals surface area contributed by atoms with Crippen molar-refractivity contribution >= 4 is 27.1 Å². The van der Waals surface area contributed by atoms with E-state index in [-0.39, 0.29) is 21.6 Å². The largest absolute Gasteiger partial charge is 0.398 e. The van der Waals surface area contributed by atoms with E-state index in [1.165, 1.54) is 18.2 Å². The van der Waals surface area contributed by atoms with Crippen LogP contribution in [0.25, 0.3) is 0 Å². The summed E-state index contributed by atoms with van der Waals surface area (Å²) in [5.41, 5.74) is 5.95. The number of benzene rings is 1. The van der Waals surface area contributed by atoms with Crippen molar-refractivity contribution < 1.29 is 8.42 Å². The quantitative estimate of drug-likeness (QED) is 0.840. The van der Waals surface area contributed by atoms with Crippen LogP contribution in [0.5, 0.6) is 0 Å². The molecule has 96 valence electrons. The van der Waals surface area contributed by atoms with Crippen LogP contribution in [-0.2, 0) is 9.84 Å². The first kappa shape index (κ1) is 14.3. The lowest BCUT2D eigenvalue weighted by molar-refractivity contribution is 0.545. The van der Waals surface area contributed by atoms with Gasteiger partial charge in [0.15, 0.2) is 9.84 Å². The Labute approximate surface area is 108 Å². The second-order valence-corrected chi connectivity index (χ2v) is 6.80. The highest BCUT2D eigenvalue weighted by atomic mass is 35.5. The van der Waals surface area contributed by atoms with Gasteiger partial charge in [-0.15, -0.1) is 0 Å². The number of hydrogen-bond donors (Lipinski definition) is 1. The smallest absolute Gasteiger partial charge is 0.178 e. The average Bonchev–Trinajstić information content (AvgIpc) is 2.21. The highest BCUT2D eigenvalue weighted by Crippen LogP contribution is 2.24. The molecule has 0 bridgehead atoms. The van der Waals surface area contributed by atoms with Gasteiger partial charge in [-0.2, -0.15) is 0 Å². The Morgan fingerprint density at radius 2 is 2.06 bits per heavy atom. The van der Waals surface area contributed by atoms with Gasteiger partial charge in [-0.1, -0.05) is 31.9 Å². The number of rotatable bonds is 5. The van der Waals surface area contributed by atoms with E-state index in [2.05, 4.69) is 0 Å². The van der Waals surface area contributed by atoms with Crippen LogP contribution in [0.3, 0.4) is 0 Å². The maximum atomic E-state index is 12.1. The molecule has 0 amide bonds. The fourth-order valence-corrected chi connectivity index (χ4v) is 3.67. The van der Waals surface area contributed by atoms with Crippen LogP contribution in [0.2, 0.25) is 5.02 Å². The van der Waals surface area contributed by atoms with Crippen molar-refractivity contribution in [3.8, 4) is 0 Å². The molecule has 0 aromatic heterocycles. The van der Waals surface area contributed by atoms with E-state index in [1.807, 2.05) is 13.8 Å².